The monoisotopic (exact) mass is 254 g/mol. The van der Waals surface area contributed by atoms with Crippen molar-refractivity contribution in [1.82, 2.24) is 5.32 Å². The van der Waals surface area contributed by atoms with E-state index in [1.807, 2.05) is 36.4 Å². The van der Waals surface area contributed by atoms with Gasteiger partial charge in [-0.05, 0) is 5.56 Å². The minimum absolute atomic E-state index is 0.0107. The highest BCUT2D eigenvalue weighted by Gasteiger charge is 2.13. The lowest BCUT2D eigenvalue weighted by Gasteiger charge is -2.06. The van der Waals surface area contributed by atoms with Crippen LogP contribution in [0.25, 0.3) is 0 Å². The van der Waals surface area contributed by atoms with Crippen LogP contribution in [-0.2, 0) is 11.3 Å². The van der Waals surface area contributed by atoms with Crippen LogP contribution in [0.15, 0.2) is 65.8 Å². The fraction of sp³-hybridized carbons (Fsp3) is 0.0667. The fourth-order valence-electron chi connectivity index (χ4n) is 1.69. The summed E-state index contributed by atoms with van der Waals surface area (Å²) in [5, 5.41) is 14.8. The van der Waals surface area contributed by atoms with Crippen LogP contribution < -0.4 is 5.32 Å². The van der Waals surface area contributed by atoms with Gasteiger partial charge in [-0.25, -0.2) is 0 Å². The number of carbonyl (C=O) groups is 1. The van der Waals surface area contributed by atoms with Crippen molar-refractivity contribution in [2.24, 2.45) is 5.16 Å². The highest BCUT2D eigenvalue weighted by molar-refractivity contribution is 6.45. The number of hydrogen-bond acceptors (Lipinski definition) is 3. The van der Waals surface area contributed by atoms with Crippen LogP contribution >= 0.6 is 0 Å². The van der Waals surface area contributed by atoms with E-state index < -0.39 is 5.91 Å². The SMILES string of the molecule is O=C(NCc1ccccc1)/C(=N\O)c1ccccc1. The van der Waals surface area contributed by atoms with Crippen LogP contribution in [0.3, 0.4) is 0 Å². The highest BCUT2D eigenvalue weighted by Crippen LogP contribution is 2.02. The zero-order valence-corrected chi connectivity index (χ0v) is 10.3. The molecule has 96 valence electrons. The second-order valence-electron chi connectivity index (χ2n) is 3.98. The Balaban J connectivity index is 2.03. The number of carbonyl (C=O) groups excluding carboxylic acids is 1. The summed E-state index contributed by atoms with van der Waals surface area (Å²) in [5.74, 6) is -0.405. The normalized spacial score (nSPS) is 11.1. The number of hydrogen-bond donors (Lipinski definition) is 2. The number of benzene rings is 2. The van der Waals surface area contributed by atoms with Crippen molar-refractivity contribution in [2.45, 2.75) is 6.54 Å². The van der Waals surface area contributed by atoms with E-state index in [4.69, 9.17) is 5.21 Å². The van der Waals surface area contributed by atoms with Crippen LogP contribution in [0.2, 0.25) is 0 Å². The maximum atomic E-state index is 11.9. The molecule has 19 heavy (non-hydrogen) atoms. The predicted molar refractivity (Wildman–Crippen MR) is 73.1 cm³/mol. The first-order valence-electron chi connectivity index (χ1n) is 5.91. The van der Waals surface area contributed by atoms with Crippen molar-refractivity contribution in [3.63, 3.8) is 0 Å². The van der Waals surface area contributed by atoms with Gasteiger partial charge >= 0.3 is 0 Å². The molecule has 2 aromatic carbocycles. The van der Waals surface area contributed by atoms with Gasteiger partial charge in [0.25, 0.3) is 5.91 Å². The van der Waals surface area contributed by atoms with Crippen molar-refractivity contribution >= 4 is 11.6 Å². The number of oxime groups is 1. The first-order chi connectivity index (χ1) is 9.31. The molecule has 2 aromatic rings. The molecular formula is C15H14N2O2. The summed E-state index contributed by atoms with van der Waals surface area (Å²) in [6, 6.07) is 18.4. The van der Waals surface area contributed by atoms with Gasteiger partial charge in [-0.3, -0.25) is 4.79 Å². The second-order valence-corrected chi connectivity index (χ2v) is 3.98. The minimum Gasteiger partial charge on any atom is -0.410 e. The van der Waals surface area contributed by atoms with Crippen LogP contribution in [0.4, 0.5) is 0 Å². The van der Waals surface area contributed by atoms with Gasteiger partial charge in [-0.15, -0.1) is 0 Å². The standard InChI is InChI=1S/C15H14N2O2/c18-15(16-11-12-7-3-1-4-8-12)14(17-19)13-9-5-2-6-10-13/h1-10,19H,11H2,(H,16,18)/b17-14-. The molecule has 0 heterocycles. The third-order valence-electron chi connectivity index (χ3n) is 2.66. The Kier molecular flexibility index (Phi) is 4.29. The van der Waals surface area contributed by atoms with Gasteiger partial charge < -0.3 is 10.5 Å². The molecule has 0 bridgehead atoms. The molecule has 4 heteroatoms. The summed E-state index contributed by atoms with van der Waals surface area (Å²) in [4.78, 5) is 11.9. The Bertz CT molecular complexity index is 565. The van der Waals surface area contributed by atoms with E-state index >= 15 is 0 Å². The number of amides is 1. The van der Waals surface area contributed by atoms with Crippen molar-refractivity contribution in [1.29, 1.82) is 0 Å². The summed E-state index contributed by atoms with van der Waals surface area (Å²) in [5.41, 5.74) is 1.58. The Hall–Kier alpha value is -2.62. The molecule has 0 fully saturated rings. The van der Waals surface area contributed by atoms with E-state index in [1.165, 1.54) is 0 Å². The largest absolute Gasteiger partial charge is 0.410 e. The summed E-state index contributed by atoms with van der Waals surface area (Å²) in [6.07, 6.45) is 0. The summed E-state index contributed by atoms with van der Waals surface area (Å²) in [6.45, 7) is 0.394. The van der Waals surface area contributed by atoms with E-state index in [2.05, 4.69) is 10.5 Å². The van der Waals surface area contributed by atoms with Crippen molar-refractivity contribution in [2.75, 3.05) is 0 Å². The Morgan fingerprint density at radius 2 is 1.58 bits per heavy atom. The van der Waals surface area contributed by atoms with E-state index in [1.54, 1.807) is 24.3 Å². The average Bonchev–Trinajstić information content (AvgIpc) is 2.48. The Morgan fingerprint density at radius 3 is 2.16 bits per heavy atom. The van der Waals surface area contributed by atoms with Gasteiger partial charge in [-0.2, -0.15) is 0 Å². The van der Waals surface area contributed by atoms with E-state index in [9.17, 15) is 4.79 Å². The molecule has 0 aliphatic carbocycles. The molecule has 0 radical (unpaired) electrons. The smallest absolute Gasteiger partial charge is 0.274 e. The maximum absolute atomic E-state index is 11.9. The predicted octanol–water partition coefficient (Wildman–Crippen LogP) is 2.18. The third kappa shape index (κ3) is 3.42. The number of nitrogens with one attached hydrogen (secondary N) is 1. The average molecular weight is 254 g/mol. The topological polar surface area (TPSA) is 61.7 Å². The molecule has 0 spiro atoms. The second kappa shape index (κ2) is 6.35. The zero-order valence-electron chi connectivity index (χ0n) is 10.3. The molecular weight excluding hydrogens is 240 g/mol. The molecule has 0 aliphatic rings. The van der Waals surface area contributed by atoms with Gasteiger partial charge in [0.1, 0.15) is 0 Å². The molecule has 0 aliphatic heterocycles. The number of rotatable bonds is 4. The first kappa shape index (κ1) is 12.8. The van der Waals surface area contributed by atoms with Gasteiger partial charge in [0, 0.05) is 12.1 Å². The lowest BCUT2D eigenvalue weighted by Crippen LogP contribution is -2.31. The summed E-state index contributed by atoms with van der Waals surface area (Å²) in [7, 11) is 0. The van der Waals surface area contributed by atoms with Crippen molar-refractivity contribution < 1.29 is 10.0 Å². The summed E-state index contributed by atoms with van der Waals surface area (Å²) >= 11 is 0. The maximum Gasteiger partial charge on any atom is 0.274 e. The van der Waals surface area contributed by atoms with Gasteiger partial charge in [0.2, 0.25) is 0 Å². The molecule has 0 unspecified atom stereocenters. The fourth-order valence-corrected chi connectivity index (χ4v) is 1.69. The van der Waals surface area contributed by atoms with Crippen LogP contribution in [-0.4, -0.2) is 16.8 Å². The van der Waals surface area contributed by atoms with Gasteiger partial charge in [-0.1, -0.05) is 65.8 Å². The van der Waals surface area contributed by atoms with Gasteiger partial charge in [0.05, 0.1) is 0 Å². The molecule has 0 atom stereocenters. The lowest BCUT2D eigenvalue weighted by molar-refractivity contribution is -0.115. The molecule has 0 saturated carbocycles. The molecule has 2 rings (SSSR count). The Labute approximate surface area is 111 Å². The van der Waals surface area contributed by atoms with Crippen molar-refractivity contribution in [3.05, 3.63) is 71.8 Å². The molecule has 0 saturated heterocycles. The van der Waals surface area contributed by atoms with E-state index in [0.717, 1.165) is 5.56 Å². The summed E-state index contributed by atoms with van der Waals surface area (Å²) < 4.78 is 0. The van der Waals surface area contributed by atoms with E-state index in [0.29, 0.717) is 12.1 Å². The first-order valence-corrected chi connectivity index (χ1v) is 5.91. The molecule has 0 aromatic heterocycles. The Morgan fingerprint density at radius 1 is 1.00 bits per heavy atom. The third-order valence-corrected chi connectivity index (χ3v) is 2.66. The van der Waals surface area contributed by atoms with Gasteiger partial charge in [0.15, 0.2) is 5.71 Å². The highest BCUT2D eigenvalue weighted by atomic mass is 16.4. The lowest BCUT2D eigenvalue weighted by atomic mass is 10.1. The van der Waals surface area contributed by atoms with Crippen LogP contribution in [0.1, 0.15) is 11.1 Å². The molecule has 2 N–H and O–H groups in total. The van der Waals surface area contributed by atoms with Crippen LogP contribution in [0.5, 0.6) is 0 Å². The molecule has 4 nitrogen and oxygen atoms in total. The van der Waals surface area contributed by atoms with E-state index in [-0.39, 0.29) is 5.71 Å². The quantitative estimate of drug-likeness (QED) is 0.499. The van der Waals surface area contributed by atoms with Crippen LogP contribution in [0, 0.1) is 0 Å². The van der Waals surface area contributed by atoms with Crippen molar-refractivity contribution in [3.8, 4) is 0 Å². The zero-order chi connectivity index (χ0) is 13.5. The number of nitrogens with zero attached hydrogens (tertiary/aromatic N) is 1. The minimum atomic E-state index is -0.405. The molecule has 1 amide bonds.